The van der Waals surface area contributed by atoms with Crippen LogP contribution in [0.3, 0.4) is 0 Å². The van der Waals surface area contributed by atoms with Gasteiger partial charge in [0.1, 0.15) is 12.4 Å². The predicted molar refractivity (Wildman–Crippen MR) is 77.6 cm³/mol. The number of rotatable bonds is 7. The Hall–Kier alpha value is -1.06. The van der Waals surface area contributed by atoms with Crippen LogP contribution in [-0.4, -0.2) is 44.4 Å². The van der Waals surface area contributed by atoms with Gasteiger partial charge in [0.25, 0.3) is 0 Å². The molecular weight excluding hydrogens is 238 g/mol. The van der Waals surface area contributed by atoms with Crippen LogP contribution in [0.5, 0.6) is 5.75 Å². The average Bonchev–Trinajstić information content (AvgIpc) is 2.47. The minimum atomic E-state index is 0.478. The molecule has 1 fully saturated rings. The predicted octanol–water partition coefficient (Wildman–Crippen LogP) is 2.96. The van der Waals surface area contributed by atoms with Crippen LogP contribution in [0.1, 0.15) is 25.7 Å². The van der Waals surface area contributed by atoms with Gasteiger partial charge in [0.2, 0.25) is 0 Å². The van der Waals surface area contributed by atoms with Crippen LogP contribution in [0, 0.1) is 0 Å². The minimum absolute atomic E-state index is 0.478. The van der Waals surface area contributed by atoms with Crippen molar-refractivity contribution in [2.45, 2.75) is 31.8 Å². The molecule has 0 aliphatic carbocycles. The molecule has 0 aromatic heterocycles. The van der Waals surface area contributed by atoms with Gasteiger partial charge in [-0.15, -0.1) is 0 Å². The molecule has 0 bridgehead atoms. The molecule has 0 N–H and O–H groups in total. The first kappa shape index (κ1) is 14.4. The molecule has 2 rings (SSSR count). The molecule has 1 atom stereocenters. The zero-order valence-corrected chi connectivity index (χ0v) is 11.9. The molecule has 3 nitrogen and oxygen atoms in total. The first-order valence-corrected chi connectivity index (χ1v) is 7.32. The lowest BCUT2D eigenvalue weighted by Crippen LogP contribution is -2.29. The molecule has 1 aliphatic rings. The Labute approximate surface area is 116 Å². The van der Waals surface area contributed by atoms with Crippen LogP contribution >= 0.6 is 0 Å². The van der Waals surface area contributed by atoms with Gasteiger partial charge in [0, 0.05) is 19.7 Å². The van der Waals surface area contributed by atoms with E-state index < -0.39 is 0 Å². The summed E-state index contributed by atoms with van der Waals surface area (Å²) in [6, 6.07) is 9.99. The normalized spacial score (nSPS) is 19.6. The molecule has 1 saturated heterocycles. The summed E-state index contributed by atoms with van der Waals surface area (Å²) in [4.78, 5) is 2.32. The molecule has 1 aromatic rings. The lowest BCUT2D eigenvalue weighted by molar-refractivity contribution is 0.00630. The number of benzene rings is 1. The van der Waals surface area contributed by atoms with E-state index in [0.717, 1.165) is 38.5 Å². The Morgan fingerprint density at radius 3 is 2.79 bits per heavy atom. The Morgan fingerprint density at radius 2 is 2.05 bits per heavy atom. The number of para-hydroxylation sites is 1. The molecule has 0 saturated carbocycles. The van der Waals surface area contributed by atoms with Gasteiger partial charge in [0.15, 0.2) is 0 Å². The van der Waals surface area contributed by atoms with E-state index in [1.54, 1.807) is 0 Å². The highest BCUT2D eigenvalue weighted by atomic mass is 16.5. The maximum absolute atomic E-state index is 5.74. The topological polar surface area (TPSA) is 21.7 Å². The molecule has 0 radical (unpaired) electrons. The molecule has 1 heterocycles. The van der Waals surface area contributed by atoms with Gasteiger partial charge in [-0.25, -0.2) is 0 Å². The lowest BCUT2D eigenvalue weighted by atomic mass is 10.1. The molecule has 0 amide bonds. The summed E-state index contributed by atoms with van der Waals surface area (Å²) < 4.78 is 11.4. The minimum Gasteiger partial charge on any atom is -0.492 e. The van der Waals surface area contributed by atoms with Crippen LogP contribution in [-0.2, 0) is 4.74 Å². The van der Waals surface area contributed by atoms with E-state index in [-0.39, 0.29) is 0 Å². The highest BCUT2D eigenvalue weighted by Gasteiger charge is 2.14. The fourth-order valence-corrected chi connectivity index (χ4v) is 2.35. The van der Waals surface area contributed by atoms with Crippen molar-refractivity contribution < 1.29 is 9.47 Å². The van der Waals surface area contributed by atoms with Crippen molar-refractivity contribution >= 4 is 0 Å². The highest BCUT2D eigenvalue weighted by molar-refractivity contribution is 5.20. The van der Waals surface area contributed by atoms with Crippen LogP contribution in [0.15, 0.2) is 30.3 Å². The number of likely N-dealkylation sites (N-methyl/N-ethyl adjacent to an activating group) is 1. The van der Waals surface area contributed by atoms with Gasteiger partial charge in [0.05, 0.1) is 6.10 Å². The lowest BCUT2D eigenvalue weighted by Gasteiger charge is -2.25. The summed E-state index contributed by atoms with van der Waals surface area (Å²) in [6.07, 6.45) is 5.41. The van der Waals surface area contributed by atoms with Crippen molar-refractivity contribution in [1.82, 2.24) is 4.90 Å². The van der Waals surface area contributed by atoms with Gasteiger partial charge in [-0.3, -0.25) is 0 Å². The van der Waals surface area contributed by atoms with Crippen molar-refractivity contribution in [2.75, 3.05) is 33.4 Å². The Kier molecular flexibility index (Phi) is 6.18. The third-order valence-corrected chi connectivity index (χ3v) is 3.59. The average molecular weight is 263 g/mol. The van der Waals surface area contributed by atoms with E-state index in [1.165, 1.54) is 19.3 Å². The zero-order valence-electron chi connectivity index (χ0n) is 11.9. The van der Waals surface area contributed by atoms with E-state index in [9.17, 15) is 0 Å². The van der Waals surface area contributed by atoms with Crippen LogP contribution in [0.2, 0.25) is 0 Å². The summed E-state index contributed by atoms with van der Waals surface area (Å²) in [7, 11) is 2.15. The van der Waals surface area contributed by atoms with E-state index in [2.05, 4.69) is 11.9 Å². The van der Waals surface area contributed by atoms with E-state index in [0.29, 0.717) is 6.10 Å². The van der Waals surface area contributed by atoms with Crippen molar-refractivity contribution in [3.8, 4) is 5.75 Å². The van der Waals surface area contributed by atoms with Crippen molar-refractivity contribution in [1.29, 1.82) is 0 Å². The smallest absolute Gasteiger partial charge is 0.119 e. The zero-order chi connectivity index (χ0) is 13.3. The second-order valence-corrected chi connectivity index (χ2v) is 5.24. The number of hydrogen-bond acceptors (Lipinski definition) is 3. The molecule has 3 heteroatoms. The van der Waals surface area contributed by atoms with Gasteiger partial charge in [-0.1, -0.05) is 18.2 Å². The third kappa shape index (κ3) is 5.62. The largest absolute Gasteiger partial charge is 0.492 e. The summed E-state index contributed by atoms with van der Waals surface area (Å²) in [5, 5.41) is 0. The molecule has 0 spiro atoms. The fourth-order valence-electron chi connectivity index (χ4n) is 2.35. The Bertz CT molecular complexity index is 336. The Morgan fingerprint density at radius 1 is 1.21 bits per heavy atom. The summed E-state index contributed by atoms with van der Waals surface area (Å²) >= 11 is 0. The van der Waals surface area contributed by atoms with Crippen LogP contribution in [0.25, 0.3) is 0 Å². The van der Waals surface area contributed by atoms with Gasteiger partial charge in [-0.2, -0.15) is 0 Å². The summed E-state index contributed by atoms with van der Waals surface area (Å²) in [6.45, 7) is 3.74. The molecular formula is C16H25NO2. The second-order valence-electron chi connectivity index (χ2n) is 5.24. The molecule has 1 aliphatic heterocycles. The van der Waals surface area contributed by atoms with E-state index >= 15 is 0 Å². The first-order chi connectivity index (χ1) is 9.34. The van der Waals surface area contributed by atoms with E-state index in [1.807, 2.05) is 30.3 Å². The SMILES string of the molecule is CN(CCOc1ccccc1)CC[C@@H]1CCCCO1. The van der Waals surface area contributed by atoms with Gasteiger partial charge >= 0.3 is 0 Å². The maximum Gasteiger partial charge on any atom is 0.119 e. The van der Waals surface area contributed by atoms with E-state index in [4.69, 9.17) is 9.47 Å². The highest BCUT2D eigenvalue weighted by Crippen LogP contribution is 2.15. The summed E-state index contributed by atoms with van der Waals surface area (Å²) in [5.41, 5.74) is 0. The van der Waals surface area contributed by atoms with Crippen molar-refractivity contribution in [2.24, 2.45) is 0 Å². The Balaban J connectivity index is 1.55. The number of ether oxygens (including phenoxy) is 2. The standard InChI is InChI=1S/C16H25NO2/c1-17(11-10-16-9-5-6-13-18-16)12-14-19-15-7-3-2-4-8-15/h2-4,7-8,16H,5-6,9-14H2,1H3/t16-/m0/s1. The molecule has 0 unspecified atom stereocenters. The van der Waals surface area contributed by atoms with Gasteiger partial charge < -0.3 is 14.4 Å². The third-order valence-electron chi connectivity index (χ3n) is 3.59. The molecule has 19 heavy (non-hydrogen) atoms. The number of hydrogen-bond donors (Lipinski definition) is 0. The van der Waals surface area contributed by atoms with Crippen molar-refractivity contribution in [3.63, 3.8) is 0 Å². The number of nitrogens with zero attached hydrogens (tertiary/aromatic N) is 1. The van der Waals surface area contributed by atoms with Crippen LogP contribution < -0.4 is 4.74 Å². The maximum atomic E-state index is 5.74. The molecule has 106 valence electrons. The monoisotopic (exact) mass is 263 g/mol. The summed E-state index contributed by atoms with van der Waals surface area (Å²) in [5.74, 6) is 0.950. The first-order valence-electron chi connectivity index (χ1n) is 7.32. The van der Waals surface area contributed by atoms with Crippen molar-refractivity contribution in [3.05, 3.63) is 30.3 Å². The fraction of sp³-hybridized carbons (Fsp3) is 0.625. The van der Waals surface area contributed by atoms with Crippen LogP contribution in [0.4, 0.5) is 0 Å². The quantitative estimate of drug-likeness (QED) is 0.755. The second kappa shape index (κ2) is 8.18. The molecule has 1 aromatic carbocycles. The van der Waals surface area contributed by atoms with Gasteiger partial charge in [-0.05, 0) is 44.9 Å².